The predicted octanol–water partition coefficient (Wildman–Crippen LogP) is 4.14. The number of hydrogen-bond donors (Lipinski definition) is 0. The van der Waals surface area contributed by atoms with Gasteiger partial charge in [0.1, 0.15) is 11.9 Å². The third-order valence-corrected chi connectivity index (χ3v) is 3.10. The SMILES string of the molecule is Cc1cccc2c1C=CC(c1ccccc1)O2. The second kappa shape index (κ2) is 4.10. The molecule has 0 saturated heterocycles. The van der Waals surface area contributed by atoms with Crippen LogP contribution in [0.4, 0.5) is 0 Å². The summed E-state index contributed by atoms with van der Waals surface area (Å²) in [5.41, 5.74) is 3.64. The van der Waals surface area contributed by atoms with Crippen molar-refractivity contribution in [3.8, 4) is 5.75 Å². The summed E-state index contributed by atoms with van der Waals surface area (Å²) >= 11 is 0. The van der Waals surface area contributed by atoms with Crippen LogP contribution in [0.2, 0.25) is 0 Å². The molecular formula is C16H14O. The Hall–Kier alpha value is -2.02. The van der Waals surface area contributed by atoms with Crippen molar-refractivity contribution >= 4 is 6.08 Å². The molecule has 1 atom stereocenters. The fraction of sp³-hybridized carbons (Fsp3) is 0.125. The van der Waals surface area contributed by atoms with Gasteiger partial charge in [-0.3, -0.25) is 0 Å². The number of fused-ring (bicyclic) bond motifs is 1. The first-order chi connectivity index (χ1) is 8.34. The third kappa shape index (κ3) is 1.84. The molecule has 0 bridgehead atoms. The van der Waals surface area contributed by atoms with E-state index < -0.39 is 0 Å². The monoisotopic (exact) mass is 222 g/mol. The topological polar surface area (TPSA) is 9.23 Å². The van der Waals surface area contributed by atoms with Gasteiger partial charge in [0.2, 0.25) is 0 Å². The van der Waals surface area contributed by atoms with Gasteiger partial charge in [-0.25, -0.2) is 0 Å². The van der Waals surface area contributed by atoms with Crippen LogP contribution in [0.3, 0.4) is 0 Å². The van der Waals surface area contributed by atoms with Crippen molar-refractivity contribution in [3.05, 3.63) is 71.3 Å². The van der Waals surface area contributed by atoms with Crippen LogP contribution in [0.25, 0.3) is 6.08 Å². The van der Waals surface area contributed by atoms with Crippen molar-refractivity contribution in [3.63, 3.8) is 0 Å². The Morgan fingerprint density at radius 1 is 0.941 bits per heavy atom. The van der Waals surface area contributed by atoms with E-state index in [4.69, 9.17) is 4.74 Å². The molecule has 0 aliphatic carbocycles. The zero-order valence-corrected chi connectivity index (χ0v) is 9.76. The molecule has 0 radical (unpaired) electrons. The van der Waals surface area contributed by atoms with Gasteiger partial charge in [0.15, 0.2) is 0 Å². The lowest BCUT2D eigenvalue weighted by molar-refractivity contribution is 0.251. The highest BCUT2D eigenvalue weighted by molar-refractivity contribution is 5.63. The van der Waals surface area contributed by atoms with Gasteiger partial charge in [0.05, 0.1) is 0 Å². The zero-order valence-electron chi connectivity index (χ0n) is 9.76. The summed E-state index contributed by atoms with van der Waals surface area (Å²) in [5.74, 6) is 0.973. The van der Waals surface area contributed by atoms with Gasteiger partial charge in [0, 0.05) is 5.56 Å². The maximum absolute atomic E-state index is 6.01. The van der Waals surface area contributed by atoms with Gasteiger partial charge in [0.25, 0.3) is 0 Å². The van der Waals surface area contributed by atoms with Crippen LogP contribution in [0, 0.1) is 6.92 Å². The fourth-order valence-electron chi connectivity index (χ4n) is 2.15. The van der Waals surface area contributed by atoms with Crippen LogP contribution in [-0.2, 0) is 0 Å². The maximum Gasteiger partial charge on any atom is 0.142 e. The lowest BCUT2D eigenvalue weighted by atomic mass is 10.0. The lowest BCUT2D eigenvalue weighted by Gasteiger charge is -2.22. The Morgan fingerprint density at radius 3 is 2.59 bits per heavy atom. The fourth-order valence-corrected chi connectivity index (χ4v) is 2.15. The number of rotatable bonds is 1. The summed E-state index contributed by atoms with van der Waals surface area (Å²) in [7, 11) is 0. The van der Waals surface area contributed by atoms with E-state index in [0.717, 1.165) is 5.75 Å². The number of hydrogen-bond acceptors (Lipinski definition) is 1. The van der Waals surface area contributed by atoms with Crippen LogP contribution >= 0.6 is 0 Å². The van der Waals surface area contributed by atoms with E-state index in [1.807, 2.05) is 30.3 Å². The summed E-state index contributed by atoms with van der Waals surface area (Å²) in [6, 6.07) is 16.5. The quantitative estimate of drug-likeness (QED) is 0.704. The third-order valence-electron chi connectivity index (χ3n) is 3.10. The minimum absolute atomic E-state index is 0.0329. The van der Waals surface area contributed by atoms with Gasteiger partial charge in [-0.15, -0.1) is 0 Å². The van der Waals surface area contributed by atoms with Gasteiger partial charge in [-0.05, 0) is 30.2 Å². The minimum Gasteiger partial charge on any atom is -0.481 e. The van der Waals surface area contributed by atoms with E-state index >= 15 is 0 Å². The molecule has 17 heavy (non-hydrogen) atoms. The van der Waals surface area contributed by atoms with E-state index in [2.05, 4.69) is 37.3 Å². The molecule has 1 aliphatic heterocycles. The summed E-state index contributed by atoms with van der Waals surface area (Å²) in [5, 5.41) is 0. The Labute approximate surface area is 101 Å². The molecule has 0 N–H and O–H groups in total. The summed E-state index contributed by atoms with van der Waals surface area (Å²) in [4.78, 5) is 0. The molecule has 1 aliphatic rings. The maximum atomic E-state index is 6.01. The average molecular weight is 222 g/mol. The van der Waals surface area contributed by atoms with Gasteiger partial charge in [-0.1, -0.05) is 48.5 Å². The normalized spacial score (nSPS) is 17.4. The lowest BCUT2D eigenvalue weighted by Crippen LogP contribution is -2.09. The Kier molecular flexibility index (Phi) is 2.45. The van der Waals surface area contributed by atoms with Gasteiger partial charge in [-0.2, -0.15) is 0 Å². The molecule has 1 heteroatoms. The number of aryl methyl sites for hydroxylation is 1. The number of ether oxygens (including phenoxy) is 1. The van der Waals surface area contributed by atoms with E-state index in [-0.39, 0.29) is 6.10 Å². The van der Waals surface area contributed by atoms with Crippen LogP contribution in [0.5, 0.6) is 5.75 Å². The van der Waals surface area contributed by atoms with Crippen molar-refractivity contribution in [2.75, 3.05) is 0 Å². The second-order valence-electron chi connectivity index (χ2n) is 4.29. The minimum atomic E-state index is 0.0329. The van der Waals surface area contributed by atoms with Crippen molar-refractivity contribution in [1.82, 2.24) is 0 Å². The highest BCUT2D eigenvalue weighted by atomic mass is 16.5. The molecule has 3 rings (SSSR count). The molecule has 0 amide bonds. The van der Waals surface area contributed by atoms with E-state index in [1.54, 1.807) is 0 Å². The summed E-state index contributed by atoms with van der Waals surface area (Å²) < 4.78 is 6.01. The molecule has 0 aromatic heterocycles. The summed E-state index contributed by atoms with van der Waals surface area (Å²) in [6.07, 6.45) is 4.31. The first kappa shape index (κ1) is 10.2. The Bertz CT molecular complexity index is 555. The molecule has 2 aromatic rings. The van der Waals surface area contributed by atoms with Crippen LogP contribution in [0.1, 0.15) is 22.8 Å². The van der Waals surface area contributed by atoms with Gasteiger partial charge >= 0.3 is 0 Å². The van der Waals surface area contributed by atoms with E-state index in [0.29, 0.717) is 0 Å². The molecule has 1 nitrogen and oxygen atoms in total. The highest BCUT2D eigenvalue weighted by Crippen LogP contribution is 2.33. The molecule has 84 valence electrons. The molecule has 0 fully saturated rings. The summed E-state index contributed by atoms with van der Waals surface area (Å²) in [6.45, 7) is 2.11. The van der Waals surface area contributed by atoms with Crippen molar-refractivity contribution < 1.29 is 4.74 Å². The first-order valence-electron chi connectivity index (χ1n) is 5.84. The molecule has 1 unspecified atom stereocenters. The Balaban J connectivity index is 1.97. The molecular weight excluding hydrogens is 208 g/mol. The predicted molar refractivity (Wildman–Crippen MR) is 70.0 cm³/mol. The molecule has 1 heterocycles. The smallest absolute Gasteiger partial charge is 0.142 e. The Morgan fingerprint density at radius 2 is 1.76 bits per heavy atom. The van der Waals surface area contributed by atoms with Crippen molar-refractivity contribution in [2.45, 2.75) is 13.0 Å². The van der Waals surface area contributed by atoms with E-state index in [1.165, 1.54) is 16.7 Å². The van der Waals surface area contributed by atoms with Crippen LogP contribution < -0.4 is 4.74 Å². The largest absolute Gasteiger partial charge is 0.481 e. The van der Waals surface area contributed by atoms with Crippen molar-refractivity contribution in [2.24, 2.45) is 0 Å². The van der Waals surface area contributed by atoms with Crippen LogP contribution in [-0.4, -0.2) is 0 Å². The molecule has 2 aromatic carbocycles. The molecule has 0 spiro atoms. The van der Waals surface area contributed by atoms with Crippen molar-refractivity contribution in [1.29, 1.82) is 0 Å². The first-order valence-corrected chi connectivity index (χ1v) is 5.84. The standard InChI is InChI=1S/C16H14O/c1-12-6-5-9-16-14(12)10-11-15(17-16)13-7-3-2-4-8-13/h2-11,15H,1H3. The highest BCUT2D eigenvalue weighted by Gasteiger charge is 2.16. The van der Waals surface area contributed by atoms with Gasteiger partial charge < -0.3 is 4.74 Å². The van der Waals surface area contributed by atoms with E-state index in [9.17, 15) is 0 Å². The zero-order chi connectivity index (χ0) is 11.7. The second-order valence-corrected chi connectivity index (χ2v) is 4.29. The average Bonchev–Trinajstić information content (AvgIpc) is 2.40. The molecule has 0 saturated carbocycles. The number of benzene rings is 2. The van der Waals surface area contributed by atoms with Crippen LogP contribution in [0.15, 0.2) is 54.6 Å².